The highest BCUT2D eigenvalue weighted by Crippen LogP contribution is 2.31. The van der Waals surface area contributed by atoms with Gasteiger partial charge in [0.25, 0.3) is 0 Å². The molecular formula is C15H21NO2. The maximum Gasteiger partial charge on any atom is 0.310 e. The van der Waals surface area contributed by atoms with Gasteiger partial charge in [0.05, 0.1) is 13.0 Å². The van der Waals surface area contributed by atoms with E-state index in [0.29, 0.717) is 12.0 Å². The molecule has 1 aromatic carbocycles. The molecule has 18 heavy (non-hydrogen) atoms. The van der Waals surface area contributed by atoms with Gasteiger partial charge in [0.1, 0.15) is 0 Å². The van der Waals surface area contributed by atoms with E-state index in [2.05, 4.69) is 43.0 Å². The fourth-order valence-electron chi connectivity index (χ4n) is 2.72. The summed E-state index contributed by atoms with van der Waals surface area (Å²) in [4.78, 5) is 14.0. The highest BCUT2D eigenvalue weighted by molar-refractivity contribution is 5.73. The van der Waals surface area contributed by atoms with Gasteiger partial charge < -0.3 is 4.74 Å². The molecule has 1 aliphatic heterocycles. The van der Waals surface area contributed by atoms with Crippen molar-refractivity contribution in [2.75, 3.05) is 20.2 Å². The molecule has 3 nitrogen and oxygen atoms in total. The van der Waals surface area contributed by atoms with Gasteiger partial charge in [-0.25, -0.2) is 0 Å². The Morgan fingerprint density at radius 1 is 1.33 bits per heavy atom. The summed E-state index contributed by atoms with van der Waals surface area (Å²) in [7, 11) is 1.47. The van der Waals surface area contributed by atoms with E-state index in [-0.39, 0.29) is 11.9 Å². The minimum Gasteiger partial charge on any atom is -0.469 e. The molecule has 0 aromatic heterocycles. The Hall–Kier alpha value is -1.35. The maximum atomic E-state index is 11.7. The average molecular weight is 247 g/mol. The number of hydrogen-bond donors (Lipinski definition) is 0. The number of ether oxygens (including phenoxy) is 1. The number of likely N-dealkylation sites (tertiary alicyclic amines) is 1. The number of methoxy groups -OCH3 is 1. The zero-order chi connectivity index (χ0) is 13.1. The SMILES string of the molecule is COC(=O)[C@@H]1CN([C@@H](C)c2ccccc2)C[C@H]1C. The summed E-state index contributed by atoms with van der Waals surface area (Å²) in [5.74, 6) is 0.301. The molecule has 0 spiro atoms. The van der Waals surface area contributed by atoms with E-state index in [0.717, 1.165) is 13.1 Å². The Balaban J connectivity index is 2.06. The third-order valence-electron chi connectivity index (χ3n) is 3.97. The molecule has 2 rings (SSSR count). The molecule has 0 amide bonds. The van der Waals surface area contributed by atoms with Crippen LogP contribution in [0.15, 0.2) is 30.3 Å². The van der Waals surface area contributed by atoms with Gasteiger partial charge in [0.15, 0.2) is 0 Å². The molecule has 0 radical (unpaired) electrons. The number of esters is 1. The second-order valence-corrected chi connectivity index (χ2v) is 5.15. The Morgan fingerprint density at radius 3 is 2.61 bits per heavy atom. The van der Waals surface area contributed by atoms with Crippen LogP contribution in [-0.4, -0.2) is 31.1 Å². The van der Waals surface area contributed by atoms with Crippen molar-refractivity contribution in [1.29, 1.82) is 0 Å². The van der Waals surface area contributed by atoms with Crippen LogP contribution in [0.2, 0.25) is 0 Å². The molecule has 3 atom stereocenters. The van der Waals surface area contributed by atoms with Crippen LogP contribution in [0.1, 0.15) is 25.5 Å². The van der Waals surface area contributed by atoms with Crippen LogP contribution < -0.4 is 0 Å². The number of nitrogens with zero attached hydrogens (tertiary/aromatic N) is 1. The Labute approximate surface area is 109 Å². The molecule has 98 valence electrons. The van der Waals surface area contributed by atoms with Crippen molar-refractivity contribution in [2.24, 2.45) is 11.8 Å². The van der Waals surface area contributed by atoms with Gasteiger partial charge in [-0.3, -0.25) is 9.69 Å². The highest BCUT2D eigenvalue weighted by Gasteiger charge is 2.37. The van der Waals surface area contributed by atoms with Crippen LogP contribution in [0.3, 0.4) is 0 Å². The normalized spacial score (nSPS) is 25.9. The Kier molecular flexibility index (Phi) is 4.02. The largest absolute Gasteiger partial charge is 0.469 e. The van der Waals surface area contributed by atoms with E-state index in [1.54, 1.807) is 0 Å². The number of benzene rings is 1. The van der Waals surface area contributed by atoms with Crippen molar-refractivity contribution in [3.8, 4) is 0 Å². The van der Waals surface area contributed by atoms with Crippen molar-refractivity contribution >= 4 is 5.97 Å². The molecule has 0 saturated carbocycles. The van der Waals surface area contributed by atoms with Crippen molar-refractivity contribution in [3.05, 3.63) is 35.9 Å². The lowest BCUT2D eigenvalue weighted by Gasteiger charge is -2.24. The molecule has 0 bridgehead atoms. The van der Waals surface area contributed by atoms with E-state index in [4.69, 9.17) is 4.74 Å². The summed E-state index contributed by atoms with van der Waals surface area (Å²) in [6.45, 7) is 6.07. The minimum absolute atomic E-state index is 0.0150. The predicted octanol–water partition coefficient (Wildman–Crippen LogP) is 2.49. The van der Waals surface area contributed by atoms with Gasteiger partial charge in [0.2, 0.25) is 0 Å². The molecule has 3 heteroatoms. The number of rotatable bonds is 3. The van der Waals surface area contributed by atoms with Crippen LogP contribution in [0.4, 0.5) is 0 Å². The molecule has 0 N–H and O–H groups in total. The molecular weight excluding hydrogens is 226 g/mol. The standard InChI is InChI=1S/C15H21NO2/c1-11-9-16(10-14(11)15(17)18-3)12(2)13-7-5-4-6-8-13/h4-8,11-12,14H,9-10H2,1-3H3/t11-,12+,14-/m1/s1. The summed E-state index contributed by atoms with van der Waals surface area (Å²) >= 11 is 0. The van der Waals surface area contributed by atoms with Gasteiger partial charge in [-0.1, -0.05) is 37.3 Å². The quantitative estimate of drug-likeness (QED) is 0.769. The summed E-state index contributed by atoms with van der Waals surface area (Å²) < 4.78 is 4.87. The molecule has 0 unspecified atom stereocenters. The van der Waals surface area contributed by atoms with Crippen molar-refractivity contribution in [2.45, 2.75) is 19.9 Å². The second kappa shape index (κ2) is 5.53. The number of carbonyl (C=O) groups is 1. The fourth-order valence-corrected chi connectivity index (χ4v) is 2.72. The first kappa shape index (κ1) is 13.1. The molecule has 1 heterocycles. The zero-order valence-corrected chi connectivity index (χ0v) is 11.3. The lowest BCUT2D eigenvalue weighted by molar-refractivity contribution is -0.146. The topological polar surface area (TPSA) is 29.5 Å². The smallest absolute Gasteiger partial charge is 0.310 e. The van der Waals surface area contributed by atoms with E-state index < -0.39 is 0 Å². The third kappa shape index (κ3) is 2.56. The highest BCUT2D eigenvalue weighted by atomic mass is 16.5. The van der Waals surface area contributed by atoms with E-state index in [1.807, 2.05) is 6.07 Å². The van der Waals surface area contributed by atoms with Crippen molar-refractivity contribution in [3.63, 3.8) is 0 Å². The molecule has 1 saturated heterocycles. The first-order chi connectivity index (χ1) is 8.63. The molecule has 1 aromatic rings. The zero-order valence-electron chi connectivity index (χ0n) is 11.3. The maximum absolute atomic E-state index is 11.7. The predicted molar refractivity (Wildman–Crippen MR) is 71.1 cm³/mol. The van der Waals surface area contributed by atoms with Gasteiger partial charge in [-0.2, -0.15) is 0 Å². The summed E-state index contributed by atoms with van der Waals surface area (Å²) in [6.07, 6.45) is 0. The van der Waals surface area contributed by atoms with Gasteiger partial charge in [-0.15, -0.1) is 0 Å². The summed E-state index contributed by atoms with van der Waals surface area (Å²) in [5, 5.41) is 0. The number of hydrogen-bond acceptors (Lipinski definition) is 3. The summed E-state index contributed by atoms with van der Waals surface area (Å²) in [6, 6.07) is 10.8. The molecule has 0 aliphatic carbocycles. The van der Waals surface area contributed by atoms with Crippen LogP contribution in [-0.2, 0) is 9.53 Å². The fraction of sp³-hybridized carbons (Fsp3) is 0.533. The lowest BCUT2D eigenvalue weighted by atomic mass is 9.99. The van der Waals surface area contributed by atoms with Gasteiger partial charge >= 0.3 is 5.97 Å². The molecule has 1 fully saturated rings. The van der Waals surface area contributed by atoms with E-state index in [1.165, 1.54) is 12.7 Å². The average Bonchev–Trinajstić information content (AvgIpc) is 2.80. The first-order valence-electron chi connectivity index (χ1n) is 6.50. The van der Waals surface area contributed by atoms with Gasteiger partial charge in [0, 0.05) is 19.1 Å². The summed E-state index contributed by atoms with van der Waals surface area (Å²) in [5.41, 5.74) is 1.30. The molecule has 1 aliphatic rings. The number of carbonyl (C=O) groups excluding carboxylic acids is 1. The monoisotopic (exact) mass is 247 g/mol. The minimum atomic E-state index is -0.0785. The Morgan fingerprint density at radius 2 is 2.00 bits per heavy atom. The Bertz CT molecular complexity index is 404. The first-order valence-corrected chi connectivity index (χ1v) is 6.50. The lowest BCUT2D eigenvalue weighted by Crippen LogP contribution is -2.26. The van der Waals surface area contributed by atoms with E-state index in [9.17, 15) is 4.79 Å². The van der Waals surface area contributed by atoms with Crippen LogP contribution >= 0.6 is 0 Å². The van der Waals surface area contributed by atoms with Gasteiger partial charge in [-0.05, 0) is 18.4 Å². The third-order valence-corrected chi connectivity index (χ3v) is 3.97. The second-order valence-electron chi connectivity index (χ2n) is 5.15. The van der Waals surface area contributed by atoms with E-state index >= 15 is 0 Å². The van der Waals surface area contributed by atoms with Crippen molar-refractivity contribution < 1.29 is 9.53 Å². The van der Waals surface area contributed by atoms with Crippen LogP contribution in [0.25, 0.3) is 0 Å². The van der Waals surface area contributed by atoms with Crippen LogP contribution in [0, 0.1) is 11.8 Å². The van der Waals surface area contributed by atoms with Crippen molar-refractivity contribution in [1.82, 2.24) is 4.90 Å². The van der Waals surface area contributed by atoms with Crippen LogP contribution in [0.5, 0.6) is 0 Å².